The summed E-state index contributed by atoms with van der Waals surface area (Å²) in [6, 6.07) is 14.4. The van der Waals surface area contributed by atoms with Crippen LogP contribution in [0.5, 0.6) is 0 Å². The van der Waals surface area contributed by atoms with Gasteiger partial charge in [0, 0.05) is 22.3 Å². The van der Waals surface area contributed by atoms with Gasteiger partial charge in [0.2, 0.25) is 5.91 Å². The predicted molar refractivity (Wildman–Crippen MR) is 100 cm³/mol. The predicted octanol–water partition coefficient (Wildman–Crippen LogP) is 4.15. The zero-order valence-corrected chi connectivity index (χ0v) is 15.1. The van der Waals surface area contributed by atoms with Gasteiger partial charge in [0.1, 0.15) is 0 Å². The molecule has 1 fully saturated rings. The number of carbonyl (C=O) groups excluding carboxylic acids is 2. The molecule has 0 unspecified atom stereocenters. The molecule has 2 amide bonds. The van der Waals surface area contributed by atoms with Crippen molar-refractivity contribution in [2.75, 3.05) is 5.32 Å². The first-order valence-corrected chi connectivity index (χ1v) is 8.77. The minimum atomic E-state index is -0.400. The number of rotatable bonds is 5. The standard InChI is InChI=1S/C20H21ClN2O2/c1-13(2)22-19(25)20(11-12-20)15-5-9-17(10-6-15)23-18(24)14-3-7-16(21)8-4-14/h3-10,13H,11-12H2,1-2H3,(H,22,25)(H,23,24). The summed E-state index contributed by atoms with van der Waals surface area (Å²) in [4.78, 5) is 24.7. The minimum absolute atomic E-state index is 0.0837. The van der Waals surface area contributed by atoms with Crippen molar-refractivity contribution in [3.63, 3.8) is 0 Å². The average Bonchev–Trinajstić information content (AvgIpc) is 3.37. The van der Waals surface area contributed by atoms with Crippen LogP contribution in [0.1, 0.15) is 42.6 Å². The van der Waals surface area contributed by atoms with Crippen LogP contribution in [-0.2, 0) is 10.2 Å². The van der Waals surface area contributed by atoms with Crippen LogP contribution in [0.15, 0.2) is 48.5 Å². The van der Waals surface area contributed by atoms with E-state index >= 15 is 0 Å². The molecule has 0 aliphatic heterocycles. The molecule has 3 rings (SSSR count). The van der Waals surface area contributed by atoms with Gasteiger partial charge in [0.15, 0.2) is 0 Å². The zero-order chi connectivity index (χ0) is 18.0. The summed E-state index contributed by atoms with van der Waals surface area (Å²) < 4.78 is 0. The number of amides is 2. The fourth-order valence-electron chi connectivity index (χ4n) is 2.85. The Hall–Kier alpha value is -2.33. The van der Waals surface area contributed by atoms with Crippen LogP contribution in [0.3, 0.4) is 0 Å². The lowest BCUT2D eigenvalue weighted by atomic mass is 9.94. The molecule has 4 nitrogen and oxygen atoms in total. The summed E-state index contributed by atoms with van der Waals surface area (Å²) in [6.45, 7) is 3.92. The molecule has 25 heavy (non-hydrogen) atoms. The Kier molecular flexibility index (Phi) is 4.82. The van der Waals surface area contributed by atoms with Crippen LogP contribution in [0.25, 0.3) is 0 Å². The van der Waals surface area contributed by atoms with E-state index < -0.39 is 5.41 Å². The van der Waals surface area contributed by atoms with Gasteiger partial charge in [-0.1, -0.05) is 23.7 Å². The molecule has 2 N–H and O–H groups in total. The van der Waals surface area contributed by atoms with Crippen LogP contribution >= 0.6 is 11.6 Å². The molecule has 0 atom stereocenters. The molecule has 1 saturated carbocycles. The summed E-state index contributed by atoms with van der Waals surface area (Å²) in [6.07, 6.45) is 1.73. The molecule has 1 aliphatic carbocycles. The van der Waals surface area contributed by atoms with Gasteiger partial charge in [0.25, 0.3) is 5.91 Å². The van der Waals surface area contributed by atoms with Gasteiger partial charge >= 0.3 is 0 Å². The second-order valence-corrected chi connectivity index (χ2v) is 7.19. The normalized spacial score (nSPS) is 14.9. The highest BCUT2D eigenvalue weighted by atomic mass is 35.5. The van der Waals surface area contributed by atoms with Crippen LogP contribution in [0, 0.1) is 0 Å². The number of anilines is 1. The number of carbonyl (C=O) groups is 2. The van der Waals surface area contributed by atoms with Crippen molar-refractivity contribution in [1.82, 2.24) is 5.32 Å². The zero-order valence-electron chi connectivity index (χ0n) is 14.3. The molecule has 0 aromatic heterocycles. The van der Waals surface area contributed by atoms with Gasteiger partial charge in [-0.3, -0.25) is 9.59 Å². The largest absolute Gasteiger partial charge is 0.353 e. The van der Waals surface area contributed by atoms with Crippen molar-refractivity contribution in [3.8, 4) is 0 Å². The minimum Gasteiger partial charge on any atom is -0.353 e. The lowest BCUT2D eigenvalue weighted by Crippen LogP contribution is -2.38. The summed E-state index contributed by atoms with van der Waals surface area (Å²) in [7, 11) is 0. The molecular formula is C20H21ClN2O2. The van der Waals surface area contributed by atoms with E-state index in [0.717, 1.165) is 18.4 Å². The van der Waals surface area contributed by atoms with E-state index in [2.05, 4.69) is 10.6 Å². The monoisotopic (exact) mass is 356 g/mol. The number of benzene rings is 2. The Bertz CT molecular complexity index is 778. The van der Waals surface area contributed by atoms with Gasteiger partial charge in [-0.05, 0) is 68.7 Å². The van der Waals surface area contributed by atoms with Crippen molar-refractivity contribution >= 4 is 29.1 Å². The first-order valence-electron chi connectivity index (χ1n) is 8.39. The molecule has 0 heterocycles. The van der Waals surface area contributed by atoms with Crippen LogP contribution < -0.4 is 10.6 Å². The highest BCUT2D eigenvalue weighted by Crippen LogP contribution is 2.48. The highest BCUT2D eigenvalue weighted by Gasteiger charge is 2.51. The van der Waals surface area contributed by atoms with Crippen molar-refractivity contribution < 1.29 is 9.59 Å². The quantitative estimate of drug-likeness (QED) is 0.845. The third kappa shape index (κ3) is 3.85. The third-order valence-electron chi connectivity index (χ3n) is 4.41. The molecule has 2 aromatic carbocycles. The van der Waals surface area contributed by atoms with E-state index in [4.69, 9.17) is 11.6 Å². The van der Waals surface area contributed by atoms with Crippen LogP contribution in [0.4, 0.5) is 5.69 Å². The molecule has 0 saturated heterocycles. The van der Waals surface area contributed by atoms with E-state index in [-0.39, 0.29) is 17.9 Å². The lowest BCUT2D eigenvalue weighted by Gasteiger charge is -2.18. The van der Waals surface area contributed by atoms with Crippen molar-refractivity contribution in [3.05, 3.63) is 64.7 Å². The maximum atomic E-state index is 12.4. The number of halogens is 1. The maximum absolute atomic E-state index is 12.4. The fraction of sp³-hybridized carbons (Fsp3) is 0.300. The molecule has 130 valence electrons. The second-order valence-electron chi connectivity index (χ2n) is 6.75. The van der Waals surface area contributed by atoms with Crippen molar-refractivity contribution in [2.24, 2.45) is 0 Å². The van der Waals surface area contributed by atoms with Gasteiger partial charge in [0.05, 0.1) is 5.41 Å². The summed E-state index contributed by atoms with van der Waals surface area (Å²) >= 11 is 5.84. The Morgan fingerprint density at radius 3 is 2.12 bits per heavy atom. The topological polar surface area (TPSA) is 58.2 Å². The third-order valence-corrected chi connectivity index (χ3v) is 4.66. The Morgan fingerprint density at radius 2 is 1.60 bits per heavy atom. The van der Waals surface area contributed by atoms with Crippen LogP contribution in [-0.4, -0.2) is 17.9 Å². The van der Waals surface area contributed by atoms with E-state index in [1.807, 2.05) is 38.1 Å². The molecule has 2 aromatic rings. The molecule has 0 radical (unpaired) electrons. The van der Waals surface area contributed by atoms with Gasteiger partial charge in [-0.15, -0.1) is 0 Å². The lowest BCUT2D eigenvalue weighted by molar-refractivity contribution is -0.124. The summed E-state index contributed by atoms with van der Waals surface area (Å²) in [5, 5.41) is 6.45. The maximum Gasteiger partial charge on any atom is 0.255 e. The number of hydrogen-bond acceptors (Lipinski definition) is 2. The Balaban J connectivity index is 1.69. The van der Waals surface area contributed by atoms with Crippen molar-refractivity contribution in [1.29, 1.82) is 0 Å². The van der Waals surface area contributed by atoms with E-state index in [1.165, 1.54) is 0 Å². The van der Waals surface area contributed by atoms with Gasteiger partial charge < -0.3 is 10.6 Å². The average molecular weight is 357 g/mol. The van der Waals surface area contributed by atoms with Gasteiger partial charge in [-0.2, -0.15) is 0 Å². The van der Waals surface area contributed by atoms with E-state index in [9.17, 15) is 9.59 Å². The summed E-state index contributed by atoms with van der Waals surface area (Å²) in [5.74, 6) is -0.108. The van der Waals surface area contributed by atoms with Crippen molar-refractivity contribution in [2.45, 2.75) is 38.1 Å². The molecule has 0 bridgehead atoms. The summed E-state index contributed by atoms with van der Waals surface area (Å²) in [5.41, 5.74) is 1.84. The first-order chi connectivity index (χ1) is 11.9. The SMILES string of the molecule is CC(C)NC(=O)C1(c2ccc(NC(=O)c3ccc(Cl)cc3)cc2)CC1. The fourth-order valence-corrected chi connectivity index (χ4v) is 2.98. The molecule has 5 heteroatoms. The van der Waals surface area contributed by atoms with E-state index in [0.29, 0.717) is 16.3 Å². The Morgan fingerprint density at radius 1 is 1.00 bits per heavy atom. The number of hydrogen-bond donors (Lipinski definition) is 2. The molecule has 0 spiro atoms. The van der Waals surface area contributed by atoms with Crippen LogP contribution in [0.2, 0.25) is 5.02 Å². The van der Waals surface area contributed by atoms with Gasteiger partial charge in [-0.25, -0.2) is 0 Å². The smallest absolute Gasteiger partial charge is 0.255 e. The van der Waals surface area contributed by atoms with E-state index in [1.54, 1.807) is 24.3 Å². The second kappa shape index (κ2) is 6.89. The first kappa shape index (κ1) is 17.5. The molecule has 1 aliphatic rings. The molecular weight excluding hydrogens is 336 g/mol. The Labute approximate surface area is 152 Å². The number of nitrogens with one attached hydrogen (secondary N) is 2. The highest BCUT2D eigenvalue weighted by molar-refractivity contribution is 6.30.